The van der Waals surface area contributed by atoms with Gasteiger partial charge in [-0.2, -0.15) is 0 Å². The number of hydrogen-bond donors (Lipinski definition) is 3. The number of amides is 2. The smallest absolute Gasteiger partial charge is 0.251 e. The molecule has 0 heterocycles. The molecule has 3 N–H and O–H groups in total. The van der Waals surface area contributed by atoms with Gasteiger partial charge in [-0.15, -0.1) is 0 Å². The first-order chi connectivity index (χ1) is 10.6. The maximum atomic E-state index is 11.9. The van der Waals surface area contributed by atoms with E-state index >= 15 is 0 Å². The molecule has 2 rings (SSSR count). The first-order valence-corrected chi connectivity index (χ1v) is 7.01. The average Bonchev–Trinajstić information content (AvgIpc) is 2.54. The van der Waals surface area contributed by atoms with Crippen LogP contribution in [0.15, 0.2) is 48.5 Å². The summed E-state index contributed by atoms with van der Waals surface area (Å²) in [5, 5.41) is 8.36. The van der Waals surface area contributed by atoms with E-state index in [1.54, 1.807) is 31.3 Å². The summed E-state index contributed by atoms with van der Waals surface area (Å²) in [7, 11) is 1.57. The summed E-state index contributed by atoms with van der Waals surface area (Å²) >= 11 is 0. The van der Waals surface area contributed by atoms with Crippen LogP contribution in [0.1, 0.15) is 15.9 Å². The van der Waals surface area contributed by atoms with Gasteiger partial charge in [0.25, 0.3) is 5.91 Å². The second-order valence-electron chi connectivity index (χ2n) is 4.93. The lowest BCUT2D eigenvalue weighted by Crippen LogP contribution is -2.22. The minimum Gasteiger partial charge on any atom is -0.376 e. The Morgan fingerprint density at radius 2 is 1.73 bits per heavy atom. The van der Waals surface area contributed by atoms with E-state index in [9.17, 15) is 9.59 Å². The van der Waals surface area contributed by atoms with Crippen molar-refractivity contribution in [1.82, 2.24) is 5.32 Å². The summed E-state index contributed by atoms with van der Waals surface area (Å²) in [5.41, 5.74) is 3.16. The standard InChI is InChI=1S/C17H19N3O2/c1-12-6-8-14(9-7-12)19-11-16(21)20-15-5-3-4-13(10-15)17(22)18-2/h3-10,19H,11H2,1-2H3,(H,18,22)(H,20,21). The molecule has 0 unspecified atom stereocenters. The van der Waals surface area contributed by atoms with E-state index in [2.05, 4.69) is 16.0 Å². The van der Waals surface area contributed by atoms with Crippen molar-refractivity contribution in [2.75, 3.05) is 24.2 Å². The van der Waals surface area contributed by atoms with E-state index in [0.717, 1.165) is 5.69 Å². The highest BCUT2D eigenvalue weighted by Crippen LogP contribution is 2.11. The number of hydrogen-bond acceptors (Lipinski definition) is 3. The third-order valence-electron chi connectivity index (χ3n) is 3.14. The van der Waals surface area contributed by atoms with Gasteiger partial charge in [0, 0.05) is 24.0 Å². The Labute approximate surface area is 129 Å². The zero-order valence-electron chi connectivity index (χ0n) is 12.6. The third-order valence-corrected chi connectivity index (χ3v) is 3.14. The van der Waals surface area contributed by atoms with Crippen molar-refractivity contribution in [3.63, 3.8) is 0 Å². The molecule has 22 heavy (non-hydrogen) atoms. The lowest BCUT2D eigenvalue weighted by molar-refractivity contribution is -0.114. The van der Waals surface area contributed by atoms with Crippen LogP contribution in [0.25, 0.3) is 0 Å². The molecule has 0 radical (unpaired) electrons. The first kappa shape index (κ1) is 15.6. The normalized spacial score (nSPS) is 9.91. The van der Waals surface area contributed by atoms with Gasteiger partial charge in [0.2, 0.25) is 5.91 Å². The lowest BCUT2D eigenvalue weighted by atomic mass is 10.2. The topological polar surface area (TPSA) is 70.2 Å². The Kier molecular flexibility index (Phi) is 5.14. The summed E-state index contributed by atoms with van der Waals surface area (Å²) in [5.74, 6) is -0.358. The van der Waals surface area contributed by atoms with Gasteiger partial charge in [0.15, 0.2) is 0 Å². The van der Waals surface area contributed by atoms with Crippen molar-refractivity contribution in [1.29, 1.82) is 0 Å². The van der Waals surface area contributed by atoms with Gasteiger partial charge in [-0.25, -0.2) is 0 Å². The summed E-state index contributed by atoms with van der Waals surface area (Å²) in [6.45, 7) is 2.17. The summed E-state index contributed by atoms with van der Waals surface area (Å²) in [6, 6.07) is 14.6. The van der Waals surface area contributed by atoms with E-state index < -0.39 is 0 Å². The number of nitrogens with one attached hydrogen (secondary N) is 3. The molecule has 0 aromatic heterocycles. The summed E-state index contributed by atoms with van der Waals surface area (Å²) < 4.78 is 0. The molecule has 5 nitrogen and oxygen atoms in total. The second-order valence-corrected chi connectivity index (χ2v) is 4.93. The van der Waals surface area contributed by atoms with Crippen LogP contribution < -0.4 is 16.0 Å². The molecule has 0 fully saturated rings. The van der Waals surface area contributed by atoms with Crippen LogP contribution >= 0.6 is 0 Å². The Morgan fingerprint density at radius 1 is 1.00 bits per heavy atom. The van der Waals surface area contributed by atoms with E-state index in [0.29, 0.717) is 11.3 Å². The van der Waals surface area contributed by atoms with Gasteiger partial charge in [-0.3, -0.25) is 9.59 Å². The highest BCUT2D eigenvalue weighted by Gasteiger charge is 2.06. The van der Waals surface area contributed by atoms with Gasteiger partial charge in [0.1, 0.15) is 0 Å². The monoisotopic (exact) mass is 297 g/mol. The summed E-state index contributed by atoms with van der Waals surface area (Å²) in [6.07, 6.45) is 0. The van der Waals surface area contributed by atoms with Gasteiger partial charge < -0.3 is 16.0 Å². The van der Waals surface area contributed by atoms with Crippen LogP contribution in [0.5, 0.6) is 0 Å². The molecule has 2 aromatic carbocycles. The Hall–Kier alpha value is -2.82. The Morgan fingerprint density at radius 3 is 2.41 bits per heavy atom. The quantitative estimate of drug-likeness (QED) is 0.793. The largest absolute Gasteiger partial charge is 0.376 e. The molecule has 2 aromatic rings. The molecule has 0 saturated carbocycles. The molecule has 0 aliphatic heterocycles. The summed E-state index contributed by atoms with van der Waals surface area (Å²) in [4.78, 5) is 23.5. The first-order valence-electron chi connectivity index (χ1n) is 7.01. The van der Waals surface area contributed by atoms with Crippen LogP contribution in [-0.4, -0.2) is 25.4 Å². The van der Waals surface area contributed by atoms with Crippen LogP contribution in [0, 0.1) is 6.92 Å². The van der Waals surface area contributed by atoms with Crippen LogP contribution in [-0.2, 0) is 4.79 Å². The highest BCUT2D eigenvalue weighted by atomic mass is 16.2. The molecular formula is C17H19N3O2. The Bertz CT molecular complexity index is 666. The highest BCUT2D eigenvalue weighted by molar-refractivity contribution is 5.97. The van der Waals surface area contributed by atoms with Crippen LogP contribution in [0.4, 0.5) is 11.4 Å². The van der Waals surface area contributed by atoms with Crippen LogP contribution in [0.3, 0.4) is 0 Å². The number of benzene rings is 2. The minimum absolute atomic E-state index is 0.160. The molecule has 0 atom stereocenters. The molecule has 114 valence electrons. The zero-order valence-corrected chi connectivity index (χ0v) is 12.6. The molecule has 0 saturated heterocycles. The number of anilines is 2. The van der Waals surface area contributed by atoms with Crippen molar-refractivity contribution >= 4 is 23.2 Å². The number of carbonyl (C=O) groups is 2. The van der Waals surface area contributed by atoms with E-state index in [1.807, 2.05) is 31.2 Å². The average molecular weight is 297 g/mol. The molecule has 0 aliphatic carbocycles. The molecular weight excluding hydrogens is 278 g/mol. The Balaban J connectivity index is 1.91. The van der Waals surface area contributed by atoms with Crippen molar-refractivity contribution in [3.05, 3.63) is 59.7 Å². The molecule has 5 heteroatoms. The second kappa shape index (κ2) is 7.26. The van der Waals surface area contributed by atoms with Crippen molar-refractivity contribution in [2.45, 2.75) is 6.92 Å². The van der Waals surface area contributed by atoms with E-state index in [1.165, 1.54) is 5.56 Å². The van der Waals surface area contributed by atoms with E-state index in [4.69, 9.17) is 0 Å². The number of aryl methyl sites for hydroxylation is 1. The molecule has 0 aliphatic rings. The molecule has 0 bridgehead atoms. The molecule has 0 spiro atoms. The molecule has 2 amide bonds. The van der Waals surface area contributed by atoms with Crippen molar-refractivity contribution < 1.29 is 9.59 Å². The van der Waals surface area contributed by atoms with Gasteiger partial charge in [-0.1, -0.05) is 23.8 Å². The maximum absolute atomic E-state index is 11.9. The maximum Gasteiger partial charge on any atom is 0.251 e. The minimum atomic E-state index is -0.186. The predicted molar refractivity (Wildman–Crippen MR) is 88.1 cm³/mol. The fourth-order valence-corrected chi connectivity index (χ4v) is 1.94. The van der Waals surface area contributed by atoms with E-state index in [-0.39, 0.29) is 18.4 Å². The number of rotatable bonds is 5. The zero-order chi connectivity index (χ0) is 15.9. The third kappa shape index (κ3) is 4.34. The van der Waals surface area contributed by atoms with Crippen molar-refractivity contribution in [3.8, 4) is 0 Å². The SMILES string of the molecule is CNC(=O)c1cccc(NC(=O)CNc2ccc(C)cc2)c1. The van der Waals surface area contributed by atoms with Crippen molar-refractivity contribution in [2.24, 2.45) is 0 Å². The predicted octanol–water partition coefficient (Wildman–Crippen LogP) is 2.41. The lowest BCUT2D eigenvalue weighted by Gasteiger charge is -2.09. The number of carbonyl (C=O) groups excluding carboxylic acids is 2. The van der Waals surface area contributed by atoms with Gasteiger partial charge in [-0.05, 0) is 37.3 Å². The van der Waals surface area contributed by atoms with Crippen LogP contribution in [0.2, 0.25) is 0 Å². The van der Waals surface area contributed by atoms with Gasteiger partial charge >= 0.3 is 0 Å². The fraction of sp³-hybridized carbons (Fsp3) is 0.176. The van der Waals surface area contributed by atoms with Gasteiger partial charge in [0.05, 0.1) is 6.54 Å². The fourth-order valence-electron chi connectivity index (χ4n) is 1.94.